The van der Waals surface area contributed by atoms with Crippen molar-refractivity contribution in [1.82, 2.24) is 0 Å². The lowest BCUT2D eigenvalue weighted by Crippen LogP contribution is -2.51. The minimum atomic E-state index is -0.168. The predicted molar refractivity (Wildman–Crippen MR) is 68.2 cm³/mol. The van der Waals surface area contributed by atoms with Gasteiger partial charge in [-0.15, -0.1) is 0 Å². The van der Waals surface area contributed by atoms with E-state index in [1.54, 1.807) is 0 Å². The molecule has 0 aromatic rings. The highest BCUT2D eigenvalue weighted by Gasteiger charge is 2.50. The minimum absolute atomic E-state index is 0.00539. The van der Waals surface area contributed by atoms with E-state index in [4.69, 9.17) is 0 Å². The summed E-state index contributed by atoms with van der Waals surface area (Å²) in [5.74, 6) is 1.73. The van der Waals surface area contributed by atoms with Crippen LogP contribution in [-0.2, 0) is 0 Å². The minimum Gasteiger partial charge on any atom is -0.392 e. The summed E-state index contributed by atoms with van der Waals surface area (Å²) in [5, 5.41) is 10.7. The molecule has 1 N–H and O–H groups in total. The fourth-order valence-corrected chi connectivity index (χ4v) is 4.01. The monoisotopic (exact) mass is 222 g/mol. The van der Waals surface area contributed by atoms with Crippen LogP contribution in [0.2, 0.25) is 0 Å². The molecule has 0 aromatic carbocycles. The highest BCUT2D eigenvalue weighted by atomic mass is 16.3. The maximum Gasteiger partial charge on any atom is 0.0663 e. The van der Waals surface area contributed by atoms with Crippen molar-refractivity contribution in [2.45, 2.75) is 59.0 Å². The third-order valence-corrected chi connectivity index (χ3v) is 5.37. The second-order valence-corrected chi connectivity index (χ2v) is 6.41. The van der Waals surface area contributed by atoms with Crippen molar-refractivity contribution in [1.29, 1.82) is 0 Å². The van der Waals surface area contributed by atoms with E-state index in [-0.39, 0.29) is 11.5 Å². The van der Waals surface area contributed by atoms with E-state index in [9.17, 15) is 5.11 Å². The summed E-state index contributed by atoms with van der Waals surface area (Å²) in [6.45, 7) is 11.0. The Bertz CT molecular complexity index is 281. The van der Waals surface area contributed by atoms with Crippen LogP contribution in [0.25, 0.3) is 0 Å². The lowest BCUT2D eigenvalue weighted by Gasteiger charge is -2.53. The van der Waals surface area contributed by atoms with Crippen LogP contribution >= 0.6 is 0 Å². The molecule has 92 valence electrons. The van der Waals surface area contributed by atoms with Gasteiger partial charge in [0.05, 0.1) is 6.10 Å². The van der Waals surface area contributed by atoms with Crippen LogP contribution in [0.4, 0.5) is 0 Å². The Balaban J connectivity index is 2.27. The number of hydrogen-bond donors (Lipinski definition) is 1. The van der Waals surface area contributed by atoms with Crippen molar-refractivity contribution >= 4 is 0 Å². The van der Waals surface area contributed by atoms with E-state index in [2.05, 4.69) is 27.4 Å². The number of rotatable bonds is 1. The molecule has 2 rings (SSSR count). The molecule has 0 aliphatic heterocycles. The zero-order valence-corrected chi connectivity index (χ0v) is 11.0. The van der Waals surface area contributed by atoms with Gasteiger partial charge in [-0.3, -0.25) is 0 Å². The number of aliphatic hydroxyl groups is 1. The topological polar surface area (TPSA) is 20.2 Å². The Hall–Kier alpha value is -0.300. The lowest BCUT2D eigenvalue weighted by atomic mass is 9.53. The highest BCUT2D eigenvalue weighted by Crippen LogP contribution is 2.55. The van der Waals surface area contributed by atoms with E-state index < -0.39 is 0 Å². The Morgan fingerprint density at radius 2 is 2.00 bits per heavy atom. The molecule has 0 radical (unpaired) electrons. The van der Waals surface area contributed by atoms with Crippen molar-refractivity contribution < 1.29 is 5.11 Å². The Labute approximate surface area is 99.9 Å². The Kier molecular flexibility index (Phi) is 3.18. The molecule has 0 unspecified atom stereocenters. The third-order valence-electron chi connectivity index (χ3n) is 5.37. The smallest absolute Gasteiger partial charge is 0.0663 e. The standard InChI is InChI=1S/C15H26O/c1-10(2)13-9-8-12-7-5-6-11(3)15(12,4)14(13)16/h10,12-14,16H,3,5-9H2,1-2,4H3/t12-,13+,14+,15+/m1/s1. The molecular weight excluding hydrogens is 196 g/mol. The number of hydrogen-bond acceptors (Lipinski definition) is 1. The van der Waals surface area contributed by atoms with Crippen LogP contribution in [0.5, 0.6) is 0 Å². The molecule has 16 heavy (non-hydrogen) atoms. The van der Waals surface area contributed by atoms with E-state index in [0.717, 1.165) is 6.42 Å². The first-order valence-electron chi connectivity index (χ1n) is 6.84. The molecule has 4 atom stereocenters. The van der Waals surface area contributed by atoms with E-state index in [1.807, 2.05) is 0 Å². The van der Waals surface area contributed by atoms with Crippen molar-refractivity contribution in [3.63, 3.8) is 0 Å². The number of fused-ring (bicyclic) bond motifs is 1. The largest absolute Gasteiger partial charge is 0.392 e. The van der Waals surface area contributed by atoms with Gasteiger partial charge in [0.15, 0.2) is 0 Å². The molecular formula is C15H26O. The SMILES string of the molecule is C=C1CCC[C@@H]2CC[C@@H](C(C)C)[C@H](O)[C@@]12C. The predicted octanol–water partition coefficient (Wildman–Crippen LogP) is 3.78. The summed E-state index contributed by atoms with van der Waals surface area (Å²) in [6.07, 6.45) is 6.01. The van der Waals surface area contributed by atoms with Crippen LogP contribution in [-0.4, -0.2) is 11.2 Å². The van der Waals surface area contributed by atoms with Gasteiger partial charge in [-0.25, -0.2) is 0 Å². The van der Waals surface area contributed by atoms with Gasteiger partial charge in [-0.1, -0.05) is 32.9 Å². The van der Waals surface area contributed by atoms with Crippen molar-refractivity contribution in [2.75, 3.05) is 0 Å². The van der Waals surface area contributed by atoms with E-state index in [0.29, 0.717) is 17.8 Å². The van der Waals surface area contributed by atoms with Crippen LogP contribution < -0.4 is 0 Å². The fourth-order valence-electron chi connectivity index (χ4n) is 4.01. The fraction of sp³-hybridized carbons (Fsp3) is 0.867. The zero-order valence-electron chi connectivity index (χ0n) is 11.0. The summed E-state index contributed by atoms with van der Waals surface area (Å²) in [6, 6.07) is 0. The molecule has 0 heterocycles. The van der Waals surface area contributed by atoms with Gasteiger partial charge in [0, 0.05) is 5.41 Å². The van der Waals surface area contributed by atoms with Crippen LogP contribution in [0.15, 0.2) is 12.2 Å². The average molecular weight is 222 g/mol. The summed E-state index contributed by atoms with van der Waals surface area (Å²) in [7, 11) is 0. The average Bonchev–Trinajstić information content (AvgIpc) is 2.22. The van der Waals surface area contributed by atoms with Crippen molar-refractivity contribution in [2.24, 2.45) is 23.2 Å². The molecule has 0 aromatic heterocycles. The van der Waals surface area contributed by atoms with Gasteiger partial charge in [-0.2, -0.15) is 0 Å². The second-order valence-electron chi connectivity index (χ2n) is 6.41. The molecule has 1 heteroatoms. The van der Waals surface area contributed by atoms with E-state index in [1.165, 1.54) is 31.3 Å². The molecule has 0 bridgehead atoms. The van der Waals surface area contributed by atoms with Gasteiger partial charge in [-0.05, 0) is 49.9 Å². The molecule has 1 nitrogen and oxygen atoms in total. The highest BCUT2D eigenvalue weighted by molar-refractivity contribution is 5.19. The summed E-state index contributed by atoms with van der Waals surface area (Å²) >= 11 is 0. The first-order chi connectivity index (χ1) is 7.48. The van der Waals surface area contributed by atoms with Crippen molar-refractivity contribution in [3.8, 4) is 0 Å². The quantitative estimate of drug-likeness (QED) is 0.669. The molecule has 2 aliphatic rings. The molecule has 0 amide bonds. The second kappa shape index (κ2) is 4.18. The zero-order chi connectivity index (χ0) is 11.9. The summed E-state index contributed by atoms with van der Waals surface area (Å²) in [4.78, 5) is 0. The molecule has 0 saturated heterocycles. The normalized spacial score (nSPS) is 44.6. The molecule has 2 saturated carbocycles. The number of aliphatic hydroxyl groups excluding tert-OH is 1. The lowest BCUT2D eigenvalue weighted by molar-refractivity contribution is -0.0826. The first-order valence-corrected chi connectivity index (χ1v) is 6.84. The Morgan fingerprint density at radius 1 is 1.31 bits per heavy atom. The van der Waals surface area contributed by atoms with Crippen LogP contribution in [0.1, 0.15) is 52.9 Å². The van der Waals surface area contributed by atoms with Crippen LogP contribution in [0, 0.1) is 23.2 Å². The first kappa shape index (κ1) is 12.2. The summed E-state index contributed by atoms with van der Waals surface area (Å²) in [5.41, 5.74) is 1.31. The van der Waals surface area contributed by atoms with Gasteiger partial charge in [0.1, 0.15) is 0 Å². The Morgan fingerprint density at radius 3 is 2.62 bits per heavy atom. The van der Waals surface area contributed by atoms with Crippen LogP contribution in [0.3, 0.4) is 0 Å². The van der Waals surface area contributed by atoms with Gasteiger partial charge in [0.2, 0.25) is 0 Å². The molecule has 0 spiro atoms. The third kappa shape index (κ3) is 1.64. The molecule has 2 aliphatic carbocycles. The van der Waals surface area contributed by atoms with Crippen molar-refractivity contribution in [3.05, 3.63) is 12.2 Å². The maximum atomic E-state index is 10.7. The molecule has 2 fully saturated rings. The van der Waals surface area contributed by atoms with Gasteiger partial charge in [0.25, 0.3) is 0 Å². The maximum absolute atomic E-state index is 10.7. The summed E-state index contributed by atoms with van der Waals surface area (Å²) < 4.78 is 0. The van der Waals surface area contributed by atoms with E-state index >= 15 is 0 Å². The van der Waals surface area contributed by atoms with Gasteiger partial charge >= 0.3 is 0 Å². The van der Waals surface area contributed by atoms with Gasteiger partial charge < -0.3 is 5.11 Å².